The van der Waals surface area contributed by atoms with Crippen molar-refractivity contribution in [2.24, 2.45) is 0 Å². The molecule has 1 aliphatic rings. The van der Waals surface area contributed by atoms with Crippen molar-refractivity contribution in [3.05, 3.63) is 10.6 Å². The van der Waals surface area contributed by atoms with Crippen LogP contribution in [0.1, 0.15) is 57.0 Å². The summed E-state index contributed by atoms with van der Waals surface area (Å²) in [4.78, 5) is 8.59. The van der Waals surface area contributed by atoms with Crippen molar-refractivity contribution < 1.29 is 0 Å². The van der Waals surface area contributed by atoms with Gasteiger partial charge in [-0.25, -0.2) is 4.98 Å². The Morgan fingerprint density at radius 2 is 2.00 bits per heavy atom. The van der Waals surface area contributed by atoms with Gasteiger partial charge >= 0.3 is 0 Å². The molecule has 3 nitrogen and oxygen atoms in total. The van der Waals surface area contributed by atoms with Crippen LogP contribution in [0.15, 0.2) is 0 Å². The van der Waals surface area contributed by atoms with Crippen molar-refractivity contribution >= 4 is 16.5 Å². The quantitative estimate of drug-likeness (QED) is 0.856. The molecule has 0 bridgehead atoms. The summed E-state index contributed by atoms with van der Waals surface area (Å²) in [6.07, 6.45) is 2.65. The average Bonchev–Trinajstić information content (AvgIpc) is 3.06. The maximum Gasteiger partial charge on any atom is 0.185 e. The van der Waals surface area contributed by atoms with Gasteiger partial charge in [-0.15, -0.1) is 11.3 Å². The first-order chi connectivity index (χ1) is 8.49. The van der Waals surface area contributed by atoms with Crippen molar-refractivity contribution in [1.82, 2.24) is 10.3 Å². The minimum absolute atomic E-state index is 0.508. The van der Waals surface area contributed by atoms with Gasteiger partial charge in [0.15, 0.2) is 5.13 Å². The molecule has 1 aliphatic carbocycles. The third-order valence-corrected chi connectivity index (χ3v) is 4.59. The standard InChI is InChI=1S/C14H25N3S/c1-9(2)15-8-12-13(11-6-7-11)16-14(18-12)17(5)10(3)4/h9-11,15H,6-8H2,1-5H3. The van der Waals surface area contributed by atoms with Gasteiger partial charge in [-0.1, -0.05) is 13.8 Å². The van der Waals surface area contributed by atoms with Crippen LogP contribution in [0.4, 0.5) is 5.13 Å². The summed E-state index contributed by atoms with van der Waals surface area (Å²) in [5, 5.41) is 4.69. The van der Waals surface area contributed by atoms with Crippen LogP contribution >= 0.6 is 11.3 Å². The van der Waals surface area contributed by atoms with E-state index in [1.807, 2.05) is 11.3 Å². The second-order valence-electron chi connectivity index (χ2n) is 5.82. The number of thiazole rings is 1. The van der Waals surface area contributed by atoms with E-state index in [0.29, 0.717) is 12.1 Å². The Bertz CT molecular complexity index is 394. The van der Waals surface area contributed by atoms with Crippen LogP contribution in [0.5, 0.6) is 0 Å². The predicted octanol–water partition coefficient (Wildman–Crippen LogP) is 3.36. The fourth-order valence-electron chi connectivity index (χ4n) is 1.82. The Labute approximate surface area is 115 Å². The molecule has 0 atom stereocenters. The minimum Gasteiger partial charge on any atom is -0.349 e. The van der Waals surface area contributed by atoms with Crippen LogP contribution in [0.2, 0.25) is 0 Å². The van der Waals surface area contributed by atoms with Crippen LogP contribution in [-0.4, -0.2) is 24.1 Å². The molecule has 1 aromatic rings. The van der Waals surface area contributed by atoms with Gasteiger partial charge in [0, 0.05) is 36.5 Å². The molecule has 1 heterocycles. The second kappa shape index (κ2) is 5.57. The number of aromatic nitrogens is 1. The second-order valence-corrected chi connectivity index (χ2v) is 6.88. The fraction of sp³-hybridized carbons (Fsp3) is 0.786. The van der Waals surface area contributed by atoms with Crippen molar-refractivity contribution in [3.8, 4) is 0 Å². The van der Waals surface area contributed by atoms with E-state index in [2.05, 4.69) is 45.0 Å². The average molecular weight is 267 g/mol. The van der Waals surface area contributed by atoms with E-state index in [9.17, 15) is 0 Å². The summed E-state index contributed by atoms with van der Waals surface area (Å²) in [7, 11) is 2.14. The Hall–Kier alpha value is -0.610. The highest BCUT2D eigenvalue weighted by atomic mass is 32.1. The lowest BCUT2D eigenvalue weighted by atomic mass is 10.2. The van der Waals surface area contributed by atoms with Gasteiger partial charge in [-0.3, -0.25) is 0 Å². The fourth-order valence-corrected chi connectivity index (χ4v) is 3.01. The first-order valence-electron chi connectivity index (χ1n) is 6.94. The zero-order valence-corrected chi connectivity index (χ0v) is 13.0. The van der Waals surface area contributed by atoms with Gasteiger partial charge in [-0.05, 0) is 26.7 Å². The largest absolute Gasteiger partial charge is 0.349 e. The monoisotopic (exact) mass is 267 g/mol. The maximum absolute atomic E-state index is 4.88. The Balaban J connectivity index is 2.15. The predicted molar refractivity (Wildman–Crippen MR) is 79.6 cm³/mol. The number of hydrogen-bond donors (Lipinski definition) is 1. The summed E-state index contributed by atoms with van der Waals surface area (Å²) in [5.74, 6) is 0.736. The lowest BCUT2D eigenvalue weighted by Crippen LogP contribution is -2.25. The summed E-state index contributed by atoms with van der Waals surface area (Å²) >= 11 is 1.86. The van der Waals surface area contributed by atoms with Crippen LogP contribution in [0.25, 0.3) is 0 Å². The zero-order chi connectivity index (χ0) is 13.3. The summed E-state index contributed by atoms with van der Waals surface area (Å²) in [6, 6.07) is 1.04. The van der Waals surface area contributed by atoms with Gasteiger partial charge in [0.2, 0.25) is 0 Å². The maximum atomic E-state index is 4.88. The van der Waals surface area contributed by atoms with Gasteiger partial charge in [0.05, 0.1) is 5.69 Å². The van der Waals surface area contributed by atoms with Crippen LogP contribution < -0.4 is 10.2 Å². The molecule has 0 saturated heterocycles. The van der Waals surface area contributed by atoms with Crippen molar-refractivity contribution in [3.63, 3.8) is 0 Å². The Kier molecular flexibility index (Phi) is 4.28. The third kappa shape index (κ3) is 3.23. The van der Waals surface area contributed by atoms with Crippen LogP contribution in [0, 0.1) is 0 Å². The van der Waals surface area contributed by atoms with Gasteiger partial charge in [0.25, 0.3) is 0 Å². The molecule has 18 heavy (non-hydrogen) atoms. The molecule has 0 unspecified atom stereocenters. The molecule has 0 aliphatic heterocycles. The number of hydrogen-bond acceptors (Lipinski definition) is 4. The van der Waals surface area contributed by atoms with E-state index in [1.165, 1.54) is 28.5 Å². The lowest BCUT2D eigenvalue weighted by Gasteiger charge is -2.19. The van der Waals surface area contributed by atoms with E-state index in [1.54, 1.807) is 0 Å². The van der Waals surface area contributed by atoms with Crippen LogP contribution in [-0.2, 0) is 6.54 Å². The molecule has 4 heteroatoms. The lowest BCUT2D eigenvalue weighted by molar-refractivity contribution is 0.590. The van der Waals surface area contributed by atoms with E-state index in [0.717, 1.165) is 12.5 Å². The smallest absolute Gasteiger partial charge is 0.185 e. The molecule has 0 amide bonds. The summed E-state index contributed by atoms with van der Waals surface area (Å²) < 4.78 is 0. The topological polar surface area (TPSA) is 28.2 Å². The first kappa shape index (κ1) is 13.8. The van der Waals surface area contributed by atoms with Crippen molar-refractivity contribution in [2.75, 3.05) is 11.9 Å². The molecule has 1 N–H and O–H groups in total. The van der Waals surface area contributed by atoms with Crippen molar-refractivity contribution in [1.29, 1.82) is 0 Å². The molecule has 1 fully saturated rings. The SMILES string of the molecule is CC(C)NCc1sc(N(C)C(C)C)nc1C1CC1. The number of anilines is 1. The normalized spacial score (nSPS) is 15.7. The van der Waals surface area contributed by atoms with Gasteiger partial charge in [0.1, 0.15) is 0 Å². The first-order valence-corrected chi connectivity index (χ1v) is 7.76. The van der Waals surface area contributed by atoms with E-state index >= 15 is 0 Å². The number of rotatable bonds is 6. The summed E-state index contributed by atoms with van der Waals surface area (Å²) in [6.45, 7) is 9.78. The van der Waals surface area contributed by atoms with E-state index in [4.69, 9.17) is 4.98 Å². The highest BCUT2D eigenvalue weighted by Gasteiger charge is 2.30. The number of nitrogens with one attached hydrogen (secondary N) is 1. The van der Waals surface area contributed by atoms with E-state index in [-0.39, 0.29) is 0 Å². The highest BCUT2D eigenvalue weighted by molar-refractivity contribution is 7.15. The summed E-state index contributed by atoms with van der Waals surface area (Å²) in [5.41, 5.74) is 1.36. The van der Waals surface area contributed by atoms with Crippen molar-refractivity contribution in [2.45, 2.75) is 65.1 Å². The molecule has 102 valence electrons. The molecule has 0 spiro atoms. The van der Waals surface area contributed by atoms with Gasteiger partial charge in [-0.2, -0.15) is 0 Å². The minimum atomic E-state index is 0.508. The molecular formula is C14H25N3S. The van der Waals surface area contributed by atoms with E-state index < -0.39 is 0 Å². The molecule has 2 rings (SSSR count). The Morgan fingerprint density at radius 3 is 2.50 bits per heavy atom. The molecular weight excluding hydrogens is 242 g/mol. The molecule has 1 aromatic heterocycles. The molecule has 0 aromatic carbocycles. The molecule has 0 radical (unpaired) electrons. The molecule has 1 saturated carbocycles. The Morgan fingerprint density at radius 1 is 1.33 bits per heavy atom. The highest BCUT2D eigenvalue weighted by Crippen LogP contribution is 2.44. The van der Waals surface area contributed by atoms with Crippen LogP contribution in [0.3, 0.4) is 0 Å². The third-order valence-electron chi connectivity index (χ3n) is 3.43. The zero-order valence-electron chi connectivity index (χ0n) is 12.2. The number of nitrogens with zero attached hydrogens (tertiary/aromatic N) is 2. The van der Waals surface area contributed by atoms with Gasteiger partial charge < -0.3 is 10.2 Å².